The van der Waals surface area contributed by atoms with Gasteiger partial charge < -0.3 is 30.5 Å². The van der Waals surface area contributed by atoms with Crippen molar-refractivity contribution in [2.75, 3.05) is 30.3 Å². The third kappa shape index (κ3) is 14.2. The Labute approximate surface area is 230 Å². The highest BCUT2D eigenvalue weighted by atomic mass is 32.2. The summed E-state index contributed by atoms with van der Waals surface area (Å²) in [7, 11) is -4.82. The molecule has 1 unspecified atom stereocenters. The Kier molecular flexibility index (Phi) is 16.1. The lowest BCUT2D eigenvalue weighted by molar-refractivity contribution is -0.305. The summed E-state index contributed by atoms with van der Waals surface area (Å²) in [6.45, 7) is 4.08. The number of anilines is 2. The largest absolute Gasteiger partial charge is 0.550 e. The lowest BCUT2D eigenvalue weighted by atomic mass is 10.1. The standard InChI is InChI=1S/C16H30O7S.C9H15N5O/c1-2-3-4-5-6-7-8-9-10-11-12-23-16(19)14(13-15(17)18)24(20,21)22;10-7-6-8(12-9(11)14(7)15)13-4-2-1-3-5-13/h14H,2-13H2,1H3,(H,17,18)(H,20,21,22);6,11,15H,1-5,10H2/p-1. The fraction of sp³-hybridized carbons (Fsp3) is 0.760. The van der Waals surface area contributed by atoms with Crippen molar-refractivity contribution < 1.29 is 37.6 Å². The first kappa shape index (κ1) is 34.2. The molecule has 1 aromatic heterocycles. The summed E-state index contributed by atoms with van der Waals surface area (Å²) < 4.78 is 36.1. The molecule has 13 nitrogen and oxygen atoms in total. The first-order chi connectivity index (χ1) is 18.5. The zero-order valence-corrected chi connectivity index (χ0v) is 23.7. The zero-order chi connectivity index (χ0) is 29.3. The highest BCUT2D eigenvalue weighted by Crippen LogP contribution is 2.17. The molecule has 0 aliphatic carbocycles. The molecule has 0 radical (unpaired) electrons. The lowest BCUT2D eigenvalue weighted by Crippen LogP contribution is -2.38. The van der Waals surface area contributed by atoms with Crippen LogP contribution >= 0.6 is 0 Å². The van der Waals surface area contributed by atoms with Crippen LogP contribution < -0.4 is 21.4 Å². The Bertz CT molecular complexity index is 1040. The van der Waals surface area contributed by atoms with E-state index in [9.17, 15) is 28.3 Å². The summed E-state index contributed by atoms with van der Waals surface area (Å²) in [5.74, 6) is -2.16. The monoisotopic (exact) mass is 574 g/mol. The molecule has 0 saturated carbocycles. The molecule has 1 aliphatic rings. The number of carboxylic acids is 1. The molecule has 224 valence electrons. The number of ether oxygens (including phenoxy) is 1. The highest BCUT2D eigenvalue weighted by Gasteiger charge is 2.32. The van der Waals surface area contributed by atoms with E-state index in [0.717, 1.165) is 45.2 Å². The average molecular weight is 575 g/mol. The molecule has 1 fully saturated rings. The lowest BCUT2D eigenvalue weighted by Gasteiger charge is -2.27. The van der Waals surface area contributed by atoms with Gasteiger partial charge in [-0.25, -0.2) is 0 Å². The van der Waals surface area contributed by atoms with Crippen LogP contribution in [0.15, 0.2) is 6.07 Å². The number of nitrogens with two attached hydrogens (primary N) is 1. The molecule has 2 heterocycles. The van der Waals surface area contributed by atoms with Gasteiger partial charge in [-0.2, -0.15) is 13.4 Å². The molecule has 1 aromatic rings. The van der Waals surface area contributed by atoms with Gasteiger partial charge in [0.1, 0.15) is 11.6 Å². The van der Waals surface area contributed by atoms with Crippen LogP contribution in [0.2, 0.25) is 0 Å². The molecule has 2 rings (SSSR count). The average Bonchev–Trinajstić information content (AvgIpc) is 2.88. The van der Waals surface area contributed by atoms with Gasteiger partial charge >= 0.3 is 5.97 Å². The normalized spacial score (nSPS) is 14.3. The summed E-state index contributed by atoms with van der Waals surface area (Å²) in [4.78, 5) is 28.0. The zero-order valence-electron chi connectivity index (χ0n) is 22.8. The molecule has 0 bridgehead atoms. The van der Waals surface area contributed by atoms with Crippen molar-refractivity contribution in [2.45, 2.75) is 102 Å². The smallest absolute Gasteiger partial charge is 0.327 e. The summed E-state index contributed by atoms with van der Waals surface area (Å²) in [5, 5.41) is 25.0. The third-order valence-corrected chi connectivity index (χ3v) is 7.42. The molecule has 5 N–H and O–H groups in total. The summed E-state index contributed by atoms with van der Waals surface area (Å²) in [6.07, 6.45) is 13.4. The van der Waals surface area contributed by atoms with Gasteiger partial charge in [-0.05, 0) is 25.7 Å². The second kappa shape index (κ2) is 18.4. The van der Waals surface area contributed by atoms with Crippen molar-refractivity contribution in [1.29, 1.82) is 5.41 Å². The van der Waals surface area contributed by atoms with Gasteiger partial charge in [-0.15, -0.1) is 4.73 Å². The fourth-order valence-corrected chi connectivity index (χ4v) is 4.76. The van der Waals surface area contributed by atoms with Crippen LogP contribution in [0.25, 0.3) is 0 Å². The van der Waals surface area contributed by atoms with E-state index in [2.05, 4.69) is 16.8 Å². The van der Waals surface area contributed by atoms with Crippen LogP contribution in [0, 0.1) is 5.41 Å². The number of aliphatic carboxylic acids is 1. The molecule has 0 spiro atoms. The minimum Gasteiger partial charge on any atom is -0.550 e. The van der Waals surface area contributed by atoms with Crippen LogP contribution in [0.5, 0.6) is 0 Å². The van der Waals surface area contributed by atoms with Crippen molar-refractivity contribution in [1.82, 2.24) is 9.71 Å². The third-order valence-electron chi connectivity index (χ3n) is 6.34. The van der Waals surface area contributed by atoms with E-state index in [4.69, 9.17) is 20.4 Å². The maximum absolute atomic E-state index is 11.5. The van der Waals surface area contributed by atoms with Crippen molar-refractivity contribution >= 4 is 33.7 Å². The summed E-state index contributed by atoms with van der Waals surface area (Å²) >= 11 is 0. The van der Waals surface area contributed by atoms with E-state index in [1.807, 2.05) is 0 Å². The molecule has 1 atom stereocenters. The van der Waals surface area contributed by atoms with Crippen molar-refractivity contribution in [3.8, 4) is 0 Å². The van der Waals surface area contributed by atoms with Gasteiger partial charge in [0.05, 0.1) is 6.61 Å². The van der Waals surface area contributed by atoms with E-state index >= 15 is 0 Å². The predicted octanol–water partition coefficient (Wildman–Crippen LogP) is 2.02. The van der Waals surface area contributed by atoms with E-state index in [0.29, 0.717) is 17.0 Å². The van der Waals surface area contributed by atoms with Crippen molar-refractivity contribution in [3.05, 3.63) is 11.7 Å². The predicted molar refractivity (Wildman–Crippen MR) is 144 cm³/mol. The molecule has 0 amide bonds. The Morgan fingerprint density at radius 2 is 1.62 bits per heavy atom. The number of hydrogen-bond acceptors (Lipinski definition) is 11. The van der Waals surface area contributed by atoms with Crippen LogP contribution in [0.3, 0.4) is 0 Å². The van der Waals surface area contributed by atoms with Crippen molar-refractivity contribution in [3.63, 3.8) is 0 Å². The van der Waals surface area contributed by atoms with Gasteiger partial charge in [-0.3, -0.25) is 14.8 Å². The number of carbonyl (C=O) groups is 2. The van der Waals surface area contributed by atoms with Crippen LogP contribution in [0.1, 0.15) is 96.8 Å². The number of unbranched alkanes of at least 4 members (excludes halogenated alkanes) is 9. The summed E-state index contributed by atoms with van der Waals surface area (Å²) in [5.41, 5.74) is 5.33. The molecule has 1 aliphatic heterocycles. The number of hydrogen-bond donors (Lipinski definition) is 4. The number of carboxylic acid groups (broad SMARTS) is 1. The summed E-state index contributed by atoms with van der Waals surface area (Å²) in [6, 6.07) is 1.60. The SMILES string of the molecule is CCCCCCCCCCCCOC(=O)C(CC(=O)[O-])S(=O)(=O)O.N=c1nc(N2CCCCC2)cc(N)n1O. The Morgan fingerprint density at radius 1 is 1.08 bits per heavy atom. The first-order valence-corrected chi connectivity index (χ1v) is 15.2. The number of rotatable bonds is 16. The highest BCUT2D eigenvalue weighted by molar-refractivity contribution is 7.87. The molecule has 0 aromatic carbocycles. The van der Waals surface area contributed by atoms with E-state index in [1.165, 1.54) is 44.9 Å². The second-order valence-electron chi connectivity index (χ2n) is 9.65. The maximum Gasteiger partial charge on any atom is 0.327 e. The fourth-order valence-electron chi connectivity index (χ4n) is 4.11. The Morgan fingerprint density at radius 3 is 2.10 bits per heavy atom. The number of nitrogen functional groups attached to an aromatic ring is 1. The topological polar surface area (TPSA) is 212 Å². The quantitative estimate of drug-likeness (QED) is 0.0970. The van der Waals surface area contributed by atoms with E-state index in [1.54, 1.807) is 6.07 Å². The Hall–Kier alpha value is -2.87. The number of nitrogens with one attached hydrogen (secondary N) is 1. The number of aromatic nitrogens is 2. The van der Waals surface area contributed by atoms with Gasteiger partial charge in [0.15, 0.2) is 5.25 Å². The maximum atomic E-state index is 11.5. The van der Waals surface area contributed by atoms with E-state index < -0.39 is 33.7 Å². The molecule has 39 heavy (non-hydrogen) atoms. The molecular weight excluding hydrogens is 530 g/mol. The molecule has 14 heteroatoms. The number of piperidine rings is 1. The van der Waals surface area contributed by atoms with Crippen LogP contribution in [-0.4, -0.2) is 64.8 Å². The van der Waals surface area contributed by atoms with Gasteiger partial charge in [-0.1, -0.05) is 64.7 Å². The second-order valence-corrected chi connectivity index (χ2v) is 11.3. The number of esters is 1. The minimum absolute atomic E-state index is 0.00833. The molecular formula is C25H44N5O8S-. The molecule has 1 saturated heterocycles. The van der Waals surface area contributed by atoms with Gasteiger partial charge in [0, 0.05) is 31.5 Å². The van der Waals surface area contributed by atoms with E-state index in [-0.39, 0.29) is 18.0 Å². The van der Waals surface area contributed by atoms with Crippen molar-refractivity contribution in [2.24, 2.45) is 0 Å². The Balaban J connectivity index is 0.000000429. The van der Waals surface area contributed by atoms with Gasteiger partial charge in [0.2, 0.25) is 0 Å². The van der Waals surface area contributed by atoms with Crippen LogP contribution in [0.4, 0.5) is 11.6 Å². The number of carbonyl (C=O) groups excluding carboxylic acids is 2. The minimum atomic E-state index is -4.82. The van der Waals surface area contributed by atoms with Crippen LogP contribution in [-0.2, 0) is 24.4 Å². The first-order valence-electron chi connectivity index (χ1n) is 13.7. The van der Waals surface area contributed by atoms with Gasteiger partial charge in [0.25, 0.3) is 15.7 Å². The number of nitrogens with zero attached hydrogens (tertiary/aromatic N) is 3.